The van der Waals surface area contributed by atoms with E-state index < -0.39 is 0 Å². The van der Waals surface area contributed by atoms with Crippen LogP contribution in [0.4, 0.5) is 0 Å². The lowest BCUT2D eigenvalue weighted by atomic mass is 10.6. The molecule has 0 heterocycles. The minimum atomic E-state index is 0.708. The molecule has 0 unspecified atom stereocenters. The van der Waals surface area contributed by atoms with E-state index in [1.54, 1.807) is 5.49 Å². The fraction of sp³-hybridized carbons (Fsp3) is 0.667. The van der Waals surface area contributed by atoms with Crippen molar-refractivity contribution in [3.05, 3.63) is 0 Å². The molecule has 0 aliphatic rings. The highest BCUT2D eigenvalue weighted by molar-refractivity contribution is 7.81. The number of hydrogen-bond donors (Lipinski definition) is 1. The SMILES string of the molecule is CCNC(=S)N(C=S)CC. The van der Waals surface area contributed by atoms with E-state index in [-0.39, 0.29) is 0 Å². The summed E-state index contributed by atoms with van der Waals surface area (Å²) in [6.45, 7) is 5.68. The van der Waals surface area contributed by atoms with Crippen LogP contribution >= 0.6 is 24.4 Å². The van der Waals surface area contributed by atoms with Crippen LogP contribution in [-0.2, 0) is 0 Å². The predicted octanol–water partition coefficient (Wildman–Crippen LogP) is 1.16. The van der Waals surface area contributed by atoms with E-state index in [2.05, 4.69) is 5.32 Å². The lowest BCUT2D eigenvalue weighted by Crippen LogP contribution is -2.37. The van der Waals surface area contributed by atoms with Gasteiger partial charge in [0.25, 0.3) is 0 Å². The van der Waals surface area contributed by atoms with Gasteiger partial charge in [0.15, 0.2) is 5.11 Å². The molecule has 0 spiro atoms. The summed E-state index contributed by atoms with van der Waals surface area (Å²) in [5, 5.41) is 3.72. The Bertz CT molecular complexity index is 125. The molecule has 58 valence electrons. The Labute approximate surface area is 72.6 Å². The van der Waals surface area contributed by atoms with Crippen molar-refractivity contribution in [1.82, 2.24) is 10.2 Å². The van der Waals surface area contributed by atoms with Crippen LogP contribution in [0.3, 0.4) is 0 Å². The number of thiocarbonyl (C=S) groups is 2. The average Bonchev–Trinajstić information content (AvgIpc) is 1.91. The van der Waals surface area contributed by atoms with Gasteiger partial charge in [0.1, 0.15) is 0 Å². The largest absolute Gasteiger partial charge is 0.363 e. The van der Waals surface area contributed by atoms with Crippen molar-refractivity contribution >= 4 is 35.0 Å². The van der Waals surface area contributed by atoms with Gasteiger partial charge in [0, 0.05) is 13.1 Å². The molecule has 0 bridgehead atoms. The van der Waals surface area contributed by atoms with Gasteiger partial charge in [0.05, 0.1) is 5.49 Å². The summed E-state index contributed by atoms with van der Waals surface area (Å²) in [5.74, 6) is 0. The van der Waals surface area contributed by atoms with E-state index in [9.17, 15) is 0 Å². The number of rotatable bonds is 3. The molecule has 2 nitrogen and oxygen atoms in total. The van der Waals surface area contributed by atoms with Gasteiger partial charge >= 0.3 is 0 Å². The fourth-order valence-electron chi connectivity index (χ4n) is 0.519. The first-order valence-electron chi connectivity index (χ1n) is 3.26. The van der Waals surface area contributed by atoms with Crippen LogP contribution in [0.15, 0.2) is 0 Å². The van der Waals surface area contributed by atoms with E-state index >= 15 is 0 Å². The summed E-state index contributed by atoms with van der Waals surface area (Å²) >= 11 is 9.73. The molecule has 0 rings (SSSR count). The number of hydrogen-bond acceptors (Lipinski definition) is 2. The predicted molar refractivity (Wildman–Crippen MR) is 52.3 cm³/mol. The summed E-state index contributed by atoms with van der Waals surface area (Å²) in [5.41, 5.74) is 1.56. The summed E-state index contributed by atoms with van der Waals surface area (Å²) in [7, 11) is 0. The van der Waals surface area contributed by atoms with Gasteiger partial charge in [-0.3, -0.25) is 0 Å². The van der Waals surface area contributed by atoms with Crippen LogP contribution in [-0.4, -0.2) is 28.6 Å². The molecular weight excluding hydrogens is 164 g/mol. The monoisotopic (exact) mass is 176 g/mol. The van der Waals surface area contributed by atoms with Crippen LogP contribution < -0.4 is 5.32 Å². The average molecular weight is 176 g/mol. The molecular formula is C6H12N2S2. The molecule has 0 aliphatic carbocycles. The Hall–Kier alpha value is -0.220. The third-order valence-electron chi connectivity index (χ3n) is 1.06. The first-order valence-corrected chi connectivity index (χ1v) is 4.14. The maximum absolute atomic E-state index is 4.99. The maximum Gasteiger partial charge on any atom is 0.173 e. The van der Waals surface area contributed by atoms with Gasteiger partial charge < -0.3 is 10.2 Å². The highest BCUT2D eigenvalue weighted by Crippen LogP contribution is 1.84. The molecule has 0 aromatic rings. The van der Waals surface area contributed by atoms with Gasteiger partial charge in [-0.15, -0.1) is 0 Å². The van der Waals surface area contributed by atoms with Crippen molar-refractivity contribution in [1.29, 1.82) is 0 Å². The third-order valence-corrected chi connectivity index (χ3v) is 1.69. The van der Waals surface area contributed by atoms with Crippen LogP contribution in [0.2, 0.25) is 0 Å². The van der Waals surface area contributed by atoms with Crippen molar-refractivity contribution in [2.45, 2.75) is 13.8 Å². The van der Waals surface area contributed by atoms with E-state index in [4.69, 9.17) is 24.4 Å². The Morgan fingerprint density at radius 2 is 2.20 bits per heavy atom. The van der Waals surface area contributed by atoms with E-state index in [1.807, 2.05) is 18.7 Å². The Morgan fingerprint density at radius 1 is 1.60 bits per heavy atom. The maximum atomic E-state index is 4.99. The molecule has 0 aromatic carbocycles. The standard InChI is InChI=1S/C6H12N2S2/c1-3-7-6(10)8(4-2)5-9/h5H,3-4H2,1-2H3,(H,7,10). The smallest absolute Gasteiger partial charge is 0.173 e. The van der Waals surface area contributed by atoms with Crippen molar-refractivity contribution in [2.24, 2.45) is 0 Å². The second-order valence-electron chi connectivity index (χ2n) is 1.73. The summed E-state index contributed by atoms with van der Waals surface area (Å²) in [4.78, 5) is 1.81. The van der Waals surface area contributed by atoms with Crippen LogP contribution in [0, 0.1) is 0 Å². The van der Waals surface area contributed by atoms with Crippen molar-refractivity contribution < 1.29 is 0 Å². The topological polar surface area (TPSA) is 15.3 Å². The number of nitrogens with zero attached hydrogens (tertiary/aromatic N) is 1. The molecule has 0 aromatic heterocycles. The lowest BCUT2D eigenvalue weighted by molar-refractivity contribution is 0.650. The molecule has 4 heteroatoms. The lowest BCUT2D eigenvalue weighted by Gasteiger charge is -2.17. The molecule has 0 saturated carbocycles. The molecule has 0 fully saturated rings. The van der Waals surface area contributed by atoms with Gasteiger partial charge in [-0.25, -0.2) is 0 Å². The molecule has 0 atom stereocenters. The van der Waals surface area contributed by atoms with E-state index in [1.165, 1.54) is 0 Å². The minimum Gasteiger partial charge on any atom is -0.363 e. The molecule has 0 saturated heterocycles. The second kappa shape index (κ2) is 5.56. The molecule has 10 heavy (non-hydrogen) atoms. The highest BCUT2D eigenvalue weighted by atomic mass is 32.1. The van der Waals surface area contributed by atoms with E-state index in [0.717, 1.165) is 13.1 Å². The summed E-state index contributed by atoms with van der Waals surface area (Å²) in [6, 6.07) is 0. The van der Waals surface area contributed by atoms with Gasteiger partial charge in [-0.1, -0.05) is 12.2 Å². The normalized spacial score (nSPS) is 8.60. The van der Waals surface area contributed by atoms with Gasteiger partial charge in [-0.2, -0.15) is 0 Å². The first-order chi connectivity index (χ1) is 4.76. The zero-order valence-corrected chi connectivity index (χ0v) is 7.89. The third kappa shape index (κ3) is 3.08. The molecule has 0 radical (unpaired) electrons. The van der Waals surface area contributed by atoms with Crippen LogP contribution in [0.5, 0.6) is 0 Å². The van der Waals surface area contributed by atoms with E-state index in [0.29, 0.717) is 5.11 Å². The van der Waals surface area contributed by atoms with Gasteiger partial charge in [-0.05, 0) is 26.1 Å². The number of nitrogens with one attached hydrogen (secondary N) is 1. The fourth-order valence-corrected chi connectivity index (χ4v) is 1.17. The Kier molecular flexibility index (Phi) is 5.43. The summed E-state index contributed by atoms with van der Waals surface area (Å²) in [6.07, 6.45) is 0. The van der Waals surface area contributed by atoms with Crippen LogP contribution in [0.1, 0.15) is 13.8 Å². The quantitative estimate of drug-likeness (QED) is 0.649. The Balaban J connectivity index is 3.76. The Morgan fingerprint density at radius 3 is 2.50 bits per heavy atom. The van der Waals surface area contributed by atoms with Gasteiger partial charge in [0.2, 0.25) is 0 Å². The zero-order valence-electron chi connectivity index (χ0n) is 6.26. The van der Waals surface area contributed by atoms with Crippen molar-refractivity contribution in [3.8, 4) is 0 Å². The molecule has 0 aliphatic heterocycles. The summed E-state index contributed by atoms with van der Waals surface area (Å²) < 4.78 is 0. The molecule has 0 amide bonds. The van der Waals surface area contributed by atoms with Crippen molar-refractivity contribution in [2.75, 3.05) is 13.1 Å². The van der Waals surface area contributed by atoms with Crippen molar-refractivity contribution in [3.63, 3.8) is 0 Å². The zero-order chi connectivity index (χ0) is 7.98. The first kappa shape index (κ1) is 9.78. The van der Waals surface area contributed by atoms with Crippen LogP contribution in [0.25, 0.3) is 0 Å². The molecule has 1 N–H and O–H groups in total. The highest BCUT2D eigenvalue weighted by Gasteiger charge is 1.99. The second-order valence-corrected chi connectivity index (χ2v) is 2.32. The minimum absolute atomic E-state index is 0.708.